The van der Waals surface area contributed by atoms with Gasteiger partial charge in [-0.1, -0.05) is 0 Å². The van der Waals surface area contributed by atoms with Crippen molar-refractivity contribution in [2.24, 2.45) is 0 Å². The Morgan fingerprint density at radius 3 is 2.64 bits per heavy atom. The Labute approximate surface area is 84.1 Å². The lowest BCUT2D eigenvalue weighted by atomic mass is 10.5. The topological polar surface area (TPSA) is 82.1 Å². The second-order valence-electron chi connectivity index (χ2n) is 3.00. The van der Waals surface area contributed by atoms with Gasteiger partial charge in [0.2, 0.25) is 0 Å². The van der Waals surface area contributed by atoms with Crippen LogP contribution >= 0.6 is 7.82 Å². The van der Waals surface area contributed by atoms with Crippen LogP contribution in [0.1, 0.15) is 6.92 Å². The molecule has 0 aromatic carbocycles. The van der Waals surface area contributed by atoms with Crippen LogP contribution in [-0.2, 0) is 13.6 Å². The van der Waals surface area contributed by atoms with Gasteiger partial charge < -0.3 is 23.9 Å². The number of aliphatic hydroxyl groups is 1. The SMILES string of the molecule is [CH2-]N(C)CCOP(=O)([O-])OCC(C)O. The van der Waals surface area contributed by atoms with Crippen LogP contribution in [0.3, 0.4) is 0 Å². The fourth-order valence-corrected chi connectivity index (χ4v) is 1.32. The molecule has 0 aromatic heterocycles. The highest BCUT2D eigenvalue weighted by Crippen LogP contribution is 2.37. The van der Waals surface area contributed by atoms with Gasteiger partial charge in [-0.25, -0.2) is 0 Å². The molecule has 2 unspecified atom stereocenters. The van der Waals surface area contributed by atoms with E-state index in [4.69, 9.17) is 5.11 Å². The van der Waals surface area contributed by atoms with E-state index in [0.717, 1.165) is 0 Å². The molecule has 0 saturated heterocycles. The Morgan fingerprint density at radius 1 is 1.64 bits per heavy atom. The molecule has 0 fully saturated rings. The van der Waals surface area contributed by atoms with Crippen molar-refractivity contribution in [2.75, 3.05) is 26.8 Å². The highest BCUT2D eigenvalue weighted by atomic mass is 31.2. The Bertz CT molecular complexity index is 197. The van der Waals surface area contributed by atoms with E-state index < -0.39 is 13.9 Å². The van der Waals surface area contributed by atoms with Gasteiger partial charge >= 0.3 is 0 Å². The molecule has 0 radical (unpaired) electrons. The smallest absolute Gasteiger partial charge is 0.268 e. The monoisotopic (exact) mass is 225 g/mol. The molecule has 0 bridgehead atoms. The minimum atomic E-state index is -4.27. The van der Waals surface area contributed by atoms with E-state index in [0.29, 0.717) is 6.54 Å². The fourth-order valence-electron chi connectivity index (χ4n) is 0.545. The normalized spacial score (nSPS) is 18.1. The number of hydrogen-bond acceptors (Lipinski definition) is 6. The van der Waals surface area contributed by atoms with Gasteiger partial charge in [-0.05, 0) is 20.5 Å². The van der Waals surface area contributed by atoms with Crippen LogP contribution in [0.5, 0.6) is 0 Å². The Balaban J connectivity index is 3.67. The number of phosphoric ester groups is 1. The molecule has 1 N–H and O–H groups in total. The Kier molecular flexibility index (Phi) is 6.52. The lowest BCUT2D eigenvalue weighted by Crippen LogP contribution is -2.20. The van der Waals surface area contributed by atoms with Gasteiger partial charge in [0, 0.05) is 0 Å². The summed E-state index contributed by atoms with van der Waals surface area (Å²) in [6.07, 6.45) is -0.837. The summed E-state index contributed by atoms with van der Waals surface area (Å²) >= 11 is 0. The average molecular weight is 225 g/mol. The zero-order valence-electron chi connectivity index (χ0n) is 8.38. The van der Waals surface area contributed by atoms with Crippen LogP contribution in [0.2, 0.25) is 0 Å². The van der Waals surface area contributed by atoms with Crippen LogP contribution in [0.15, 0.2) is 0 Å². The maximum absolute atomic E-state index is 10.9. The van der Waals surface area contributed by atoms with Crippen molar-refractivity contribution >= 4 is 7.82 Å². The third-order valence-corrected chi connectivity index (χ3v) is 2.16. The minimum absolute atomic E-state index is 0.0133. The summed E-state index contributed by atoms with van der Waals surface area (Å²) in [4.78, 5) is 12.5. The second-order valence-corrected chi connectivity index (χ2v) is 4.42. The lowest BCUT2D eigenvalue weighted by Gasteiger charge is -2.25. The quantitative estimate of drug-likeness (QED) is 0.468. The van der Waals surface area contributed by atoms with Gasteiger partial charge in [0.25, 0.3) is 7.82 Å². The third kappa shape index (κ3) is 8.62. The van der Waals surface area contributed by atoms with Crippen molar-refractivity contribution in [2.45, 2.75) is 13.0 Å². The van der Waals surface area contributed by atoms with E-state index >= 15 is 0 Å². The van der Waals surface area contributed by atoms with E-state index in [9.17, 15) is 9.46 Å². The van der Waals surface area contributed by atoms with Gasteiger partial charge in [-0.2, -0.15) is 0 Å². The number of rotatable bonds is 7. The average Bonchev–Trinajstić information content (AvgIpc) is 2.00. The van der Waals surface area contributed by atoms with E-state index in [2.05, 4.69) is 16.1 Å². The molecule has 2 atom stereocenters. The zero-order valence-corrected chi connectivity index (χ0v) is 9.27. The van der Waals surface area contributed by atoms with Crippen LogP contribution in [-0.4, -0.2) is 42.9 Å². The van der Waals surface area contributed by atoms with Crippen molar-refractivity contribution < 1.29 is 23.6 Å². The first kappa shape index (κ1) is 14.0. The van der Waals surface area contributed by atoms with Crippen molar-refractivity contribution in [1.82, 2.24) is 4.90 Å². The molecule has 7 heteroatoms. The van der Waals surface area contributed by atoms with Gasteiger partial charge in [0.15, 0.2) is 0 Å². The van der Waals surface area contributed by atoms with E-state index in [1.54, 1.807) is 7.05 Å². The molecule has 0 heterocycles. The standard InChI is InChI=1S/C7H17NO5P/c1-7(9)6-13-14(10,11)12-5-4-8(2)3/h7,9H,2,4-6H2,1,3H3,(H,10,11)/q-1/p-1. The highest BCUT2D eigenvalue weighted by Gasteiger charge is 2.10. The van der Waals surface area contributed by atoms with Crippen LogP contribution < -0.4 is 4.89 Å². The maximum atomic E-state index is 10.9. The molecule has 0 spiro atoms. The van der Waals surface area contributed by atoms with Gasteiger partial charge in [0.05, 0.1) is 19.3 Å². The van der Waals surface area contributed by atoms with Gasteiger partial charge in [-0.3, -0.25) is 11.6 Å². The number of nitrogens with zero attached hydrogens (tertiary/aromatic N) is 1. The fraction of sp³-hybridized carbons (Fsp3) is 0.857. The van der Waals surface area contributed by atoms with Gasteiger partial charge in [-0.15, -0.1) is 0 Å². The second kappa shape index (κ2) is 6.50. The van der Waals surface area contributed by atoms with E-state index in [-0.39, 0.29) is 13.2 Å². The van der Waals surface area contributed by atoms with E-state index in [1.165, 1.54) is 11.8 Å². The third-order valence-electron chi connectivity index (χ3n) is 1.20. The highest BCUT2D eigenvalue weighted by molar-refractivity contribution is 7.45. The summed E-state index contributed by atoms with van der Waals surface area (Å²) in [6.45, 7) is 1.50. The summed E-state index contributed by atoms with van der Waals surface area (Å²) in [7, 11) is 0.936. The molecule has 0 aliphatic carbocycles. The van der Waals surface area contributed by atoms with Gasteiger partial charge in [0.1, 0.15) is 0 Å². The van der Waals surface area contributed by atoms with Crippen molar-refractivity contribution in [3.05, 3.63) is 7.05 Å². The molecular formula is C7H16NO5P-2. The van der Waals surface area contributed by atoms with Crippen LogP contribution in [0.25, 0.3) is 0 Å². The zero-order chi connectivity index (χ0) is 11.2. The Hall–Kier alpha value is 0.0300. The van der Waals surface area contributed by atoms with Crippen molar-refractivity contribution in [3.8, 4) is 0 Å². The number of aliphatic hydroxyl groups excluding tert-OH is 1. The summed E-state index contributed by atoms with van der Waals surface area (Å²) in [6, 6.07) is 0. The number of phosphoric acid groups is 1. The summed E-state index contributed by atoms with van der Waals surface area (Å²) < 4.78 is 19.8. The van der Waals surface area contributed by atoms with Crippen molar-refractivity contribution in [1.29, 1.82) is 0 Å². The number of hydrogen-bond donors (Lipinski definition) is 1. The summed E-state index contributed by atoms with van der Waals surface area (Å²) in [5.41, 5.74) is 0. The first-order valence-corrected chi connectivity index (χ1v) is 5.59. The lowest BCUT2D eigenvalue weighted by molar-refractivity contribution is -0.227. The molecule has 0 aliphatic heterocycles. The Morgan fingerprint density at radius 2 is 2.21 bits per heavy atom. The predicted octanol–water partition coefficient (Wildman–Crippen LogP) is -0.408. The first-order chi connectivity index (χ1) is 6.33. The minimum Gasteiger partial charge on any atom is -0.756 e. The largest absolute Gasteiger partial charge is 0.756 e. The molecule has 0 saturated carbocycles. The summed E-state index contributed by atoms with van der Waals surface area (Å²) in [5, 5.41) is 8.77. The molecule has 0 rings (SSSR count). The number of likely N-dealkylation sites (N-methyl/N-ethyl adjacent to an activating group) is 1. The summed E-state index contributed by atoms with van der Waals surface area (Å²) in [5.74, 6) is 0. The predicted molar refractivity (Wildman–Crippen MR) is 49.2 cm³/mol. The van der Waals surface area contributed by atoms with Crippen LogP contribution in [0.4, 0.5) is 0 Å². The molecule has 14 heavy (non-hydrogen) atoms. The first-order valence-electron chi connectivity index (χ1n) is 4.13. The molecule has 0 amide bonds. The molecule has 6 nitrogen and oxygen atoms in total. The molecular weight excluding hydrogens is 209 g/mol. The molecule has 0 aromatic rings. The van der Waals surface area contributed by atoms with E-state index in [1.807, 2.05) is 0 Å². The molecule has 86 valence electrons. The van der Waals surface area contributed by atoms with Crippen molar-refractivity contribution in [3.63, 3.8) is 0 Å². The molecule has 0 aliphatic rings. The van der Waals surface area contributed by atoms with Crippen LogP contribution in [0, 0.1) is 7.05 Å². The maximum Gasteiger partial charge on any atom is 0.268 e.